The predicted molar refractivity (Wildman–Crippen MR) is 76.5 cm³/mol. The van der Waals surface area contributed by atoms with Crippen LogP contribution < -0.4 is 5.32 Å². The van der Waals surface area contributed by atoms with Gasteiger partial charge in [-0.05, 0) is 42.3 Å². The molecule has 0 saturated carbocycles. The molecular formula is C15H14ClNO2. The molecule has 2 aromatic rings. The van der Waals surface area contributed by atoms with Crippen LogP contribution in [-0.4, -0.2) is 11.0 Å². The summed E-state index contributed by atoms with van der Waals surface area (Å²) in [6.07, 6.45) is 0. The van der Waals surface area contributed by atoms with E-state index in [4.69, 9.17) is 16.7 Å². The number of anilines is 1. The number of halogens is 1. The molecule has 0 saturated heterocycles. The predicted octanol–water partition coefficient (Wildman–Crippen LogP) is 3.39. The minimum Gasteiger partial charge on any atom is -0.392 e. The van der Waals surface area contributed by atoms with Gasteiger partial charge in [0.15, 0.2) is 0 Å². The Morgan fingerprint density at radius 2 is 1.89 bits per heavy atom. The fourth-order valence-corrected chi connectivity index (χ4v) is 1.92. The Balaban J connectivity index is 2.18. The lowest BCUT2D eigenvalue weighted by Gasteiger charge is -2.09. The lowest BCUT2D eigenvalue weighted by Crippen LogP contribution is -2.13. The third-order valence-corrected chi connectivity index (χ3v) is 3.32. The van der Waals surface area contributed by atoms with Gasteiger partial charge >= 0.3 is 0 Å². The summed E-state index contributed by atoms with van der Waals surface area (Å²) in [4.78, 5) is 12.1. The van der Waals surface area contributed by atoms with Crippen LogP contribution in [0.3, 0.4) is 0 Å². The van der Waals surface area contributed by atoms with E-state index < -0.39 is 0 Å². The van der Waals surface area contributed by atoms with E-state index in [2.05, 4.69) is 5.32 Å². The van der Waals surface area contributed by atoms with Crippen LogP contribution >= 0.6 is 11.6 Å². The van der Waals surface area contributed by atoms with Crippen molar-refractivity contribution < 1.29 is 9.90 Å². The first-order valence-electron chi connectivity index (χ1n) is 5.88. The SMILES string of the molecule is Cc1c(Cl)cccc1C(=O)Nc1ccc(CO)cc1. The number of carbonyl (C=O) groups excluding carboxylic acids is 1. The number of rotatable bonds is 3. The molecule has 98 valence electrons. The number of benzene rings is 2. The van der Waals surface area contributed by atoms with Crippen molar-refractivity contribution >= 4 is 23.2 Å². The molecule has 0 atom stereocenters. The van der Waals surface area contributed by atoms with Gasteiger partial charge in [-0.15, -0.1) is 0 Å². The molecule has 0 aliphatic heterocycles. The normalized spacial score (nSPS) is 10.3. The van der Waals surface area contributed by atoms with Crippen molar-refractivity contribution in [2.45, 2.75) is 13.5 Å². The number of amides is 1. The Morgan fingerprint density at radius 3 is 2.53 bits per heavy atom. The minimum atomic E-state index is -0.197. The third-order valence-electron chi connectivity index (χ3n) is 2.91. The maximum Gasteiger partial charge on any atom is 0.255 e. The lowest BCUT2D eigenvalue weighted by molar-refractivity contribution is 0.102. The molecule has 1 amide bonds. The quantitative estimate of drug-likeness (QED) is 0.902. The van der Waals surface area contributed by atoms with E-state index in [0.29, 0.717) is 16.3 Å². The number of hydrogen-bond acceptors (Lipinski definition) is 2. The second kappa shape index (κ2) is 5.87. The largest absolute Gasteiger partial charge is 0.392 e. The maximum atomic E-state index is 12.1. The second-order valence-corrected chi connectivity index (χ2v) is 4.63. The highest BCUT2D eigenvalue weighted by Gasteiger charge is 2.10. The van der Waals surface area contributed by atoms with Crippen LogP contribution in [0.2, 0.25) is 5.02 Å². The Bertz CT molecular complexity index is 594. The Kier molecular flexibility index (Phi) is 4.20. The van der Waals surface area contributed by atoms with Crippen molar-refractivity contribution in [2.75, 3.05) is 5.32 Å². The van der Waals surface area contributed by atoms with Gasteiger partial charge in [-0.1, -0.05) is 29.8 Å². The van der Waals surface area contributed by atoms with Gasteiger partial charge in [0.25, 0.3) is 5.91 Å². The Labute approximate surface area is 116 Å². The monoisotopic (exact) mass is 275 g/mol. The second-order valence-electron chi connectivity index (χ2n) is 4.22. The van der Waals surface area contributed by atoms with E-state index in [1.807, 2.05) is 6.92 Å². The summed E-state index contributed by atoms with van der Waals surface area (Å²) in [5.41, 5.74) is 2.80. The summed E-state index contributed by atoms with van der Waals surface area (Å²) in [6.45, 7) is 1.80. The highest BCUT2D eigenvalue weighted by atomic mass is 35.5. The molecule has 0 aliphatic rings. The Hall–Kier alpha value is -1.84. The molecule has 4 heteroatoms. The highest BCUT2D eigenvalue weighted by molar-refractivity contribution is 6.32. The fourth-order valence-electron chi connectivity index (χ4n) is 1.75. The van der Waals surface area contributed by atoms with E-state index in [1.54, 1.807) is 42.5 Å². The zero-order chi connectivity index (χ0) is 13.8. The van der Waals surface area contributed by atoms with E-state index >= 15 is 0 Å². The molecule has 0 fully saturated rings. The van der Waals surface area contributed by atoms with Crippen LogP contribution in [0, 0.1) is 6.92 Å². The van der Waals surface area contributed by atoms with Gasteiger partial charge in [-0.3, -0.25) is 4.79 Å². The first-order valence-corrected chi connectivity index (χ1v) is 6.26. The number of carbonyl (C=O) groups is 1. The van der Waals surface area contributed by atoms with Crippen LogP contribution in [-0.2, 0) is 6.61 Å². The van der Waals surface area contributed by atoms with Crippen LogP contribution in [0.25, 0.3) is 0 Å². The average molecular weight is 276 g/mol. The average Bonchev–Trinajstić information content (AvgIpc) is 2.42. The summed E-state index contributed by atoms with van der Waals surface area (Å²) in [7, 11) is 0. The van der Waals surface area contributed by atoms with Gasteiger partial charge in [0.2, 0.25) is 0 Å². The van der Waals surface area contributed by atoms with Crippen LogP contribution in [0.15, 0.2) is 42.5 Å². The topological polar surface area (TPSA) is 49.3 Å². The lowest BCUT2D eigenvalue weighted by atomic mass is 10.1. The van der Waals surface area contributed by atoms with Crippen molar-refractivity contribution in [3.8, 4) is 0 Å². The molecule has 0 heterocycles. The van der Waals surface area contributed by atoms with Crippen molar-refractivity contribution in [3.63, 3.8) is 0 Å². The number of nitrogens with one attached hydrogen (secondary N) is 1. The van der Waals surface area contributed by atoms with E-state index in [9.17, 15) is 4.79 Å². The molecule has 0 spiro atoms. The first kappa shape index (κ1) is 13.6. The molecule has 0 unspecified atom stereocenters. The van der Waals surface area contributed by atoms with Crippen molar-refractivity contribution in [1.82, 2.24) is 0 Å². The minimum absolute atomic E-state index is 0.0123. The van der Waals surface area contributed by atoms with Crippen LogP contribution in [0.1, 0.15) is 21.5 Å². The molecule has 2 rings (SSSR count). The summed E-state index contributed by atoms with van der Waals surface area (Å²) >= 11 is 5.99. The van der Waals surface area contributed by atoms with E-state index in [1.165, 1.54) is 0 Å². The first-order chi connectivity index (χ1) is 9.11. The maximum absolute atomic E-state index is 12.1. The molecule has 3 nitrogen and oxygen atoms in total. The summed E-state index contributed by atoms with van der Waals surface area (Å²) in [5, 5.41) is 12.3. The van der Waals surface area contributed by atoms with Gasteiger partial charge in [0.05, 0.1) is 6.61 Å². The van der Waals surface area contributed by atoms with Crippen molar-refractivity contribution in [2.24, 2.45) is 0 Å². The molecule has 0 radical (unpaired) electrons. The molecule has 0 aromatic heterocycles. The molecule has 0 aliphatic carbocycles. The molecule has 2 aromatic carbocycles. The van der Waals surface area contributed by atoms with Gasteiger partial charge in [-0.25, -0.2) is 0 Å². The van der Waals surface area contributed by atoms with Crippen LogP contribution in [0.4, 0.5) is 5.69 Å². The van der Waals surface area contributed by atoms with E-state index in [0.717, 1.165) is 11.1 Å². The fraction of sp³-hybridized carbons (Fsp3) is 0.133. The van der Waals surface area contributed by atoms with Crippen molar-refractivity contribution in [3.05, 3.63) is 64.2 Å². The molecule has 0 bridgehead atoms. The zero-order valence-electron chi connectivity index (χ0n) is 10.5. The third kappa shape index (κ3) is 3.13. The van der Waals surface area contributed by atoms with E-state index in [-0.39, 0.29) is 12.5 Å². The van der Waals surface area contributed by atoms with Gasteiger partial charge in [0, 0.05) is 16.3 Å². The van der Waals surface area contributed by atoms with Gasteiger partial charge in [-0.2, -0.15) is 0 Å². The zero-order valence-corrected chi connectivity index (χ0v) is 11.2. The molecule has 19 heavy (non-hydrogen) atoms. The summed E-state index contributed by atoms with van der Waals surface area (Å²) in [5.74, 6) is -0.197. The molecular weight excluding hydrogens is 262 g/mol. The summed E-state index contributed by atoms with van der Waals surface area (Å²) in [6, 6.07) is 12.3. The number of aliphatic hydroxyl groups is 1. The number of aliphatic hydroxyl groups excluding tert-OH is 1. The standard InChI is InChI=1S/C15H14ClNO2/c1-10-13(3-2-4-14(10)16)15(19)17-12-7-5-11(9-18)6-8-12/h2-8,18H,9H2,1H3,(H,17,19). The summed E-state index contributed by atoms with van der Waals surface area (Å²) < 4.78 is 0. The van der Waals surface area contributed by atoms with Crippen molar-refractivity contribution in [1.29, 1.82) is 0 Å². The van der Waals surface area contributed by atoms with Gasteiger partial charge in [0.1, 0.15) is 0 Å². The highest BCUT2D eigenvalue weighted by Crippen LogP contribution is 2.20. The van der Waals surface area contributed by atoms with Gasteiger partial charge < -0.3 is 10.4 Å². The Morgan fingerprint density at radius 1 is 1.21 bits per heavy atom. The smallest absolute Gasteiger partial charge is 0.255 e. The molecule has 2 N–H and O–H groups in total. The van der Waals surface area contributed by atoms with Crippen LogP contribution in [0.5, 0.6) is 0 Å². The number of hydrogen-bond donors (Lipinski definition) is 2.